The first-order chi connectivity index (χ1) is 12.0. The molecule has 1 saturated heterocycles. The third-order valence-electron chi connectivity index (χ3n) is 4.22. The number of rotatable bonds is 7. The van der Waals surface area contributed by atoms with Crippen LogP contribution >= 0.6 is 0 Å². The number of methoxy groups -OCH3 is 1. The van der Waals surface area contributed by atoms with E-state index in [-0.39, 0.29) is 37.0 Å². The number of hydrogen-bond acceptors (Lipinski definition) is 5. The molecular weight excluding hydrogens is 324 g/mol. The van der Waals surface area contributed by atoms with Gasteiger partial charge in [-0.05, 0) is 30.5 Å². The summed E-state index contributed by atoms with van der Waals surface area (Å²) in [6, 6.07) is 7.30. The fourth-order valence-corrected chi connectivity index (χ4v) is 2.97. The Morgan fingerprint density at radius 2 is 2.16 bits per heavy atom. The van der Waals surface area contributed by atoms with Crippen molar-refractivity contribution in [3.05, 3.63) is 29.8 Å². The van der Waals surface area contributed by atoms with Crippen LogP contribution in [0.5, 0.6) is 5.75 Å². The standard InChI is InChI=1S/C18H26N2O5/c1-12(22)20-16-7-6-15(25-17(16)11-21)9-18(23)19-10-13-4-3-5-14(8-13)24-2/h3-5,8,15-17,21H,6-7,9-11H2,1-2H3,(H,19,23)(H,20,22)/t15-,16-,17-/m1/s1. The van der Waals surface area contributed by atoms with Crippen molar-refractivity contribution < 1.29 is 24.2 Å². The highest BCUT2D eigenvalue weighted by atomic mass is 16.5. The van der Waals surface area contributed by atoms with Gasteiger partial charge in [0.05, 0.1) is 32.3 Å². The van der Waals surface area contributed by atoms with Crippen molar-refractivity contribution in [3.63, 3.8) is 0 Å². The summed E-state index contributed by atoms with van der Waals surface area (Å²) in [6.07, 6.45) is 0.834. The number of carbonyl (C=O) groups excluding carboxylic acids is 2. The monoisotopic (exact) mass is 350 g/mol. The minimum Gasteiger partial charge on any atom is -0.497 e. The highest BCUT2D eigenvalue weighted by molar-refractivity contribution is 5.76. The highest BCUT2D eigenvalue weighted by Gasteiger charge is 2.32. The van der Waals surface area contributed by atoms with Crippen LogP contribution in [-0.2, 0) is 20.9 Å². The van der Waals surface area contributed by atoms with Crippen LogP contribution < -0.4 is 15.4 Å². The van der Waals surface area contributed by atoms with Gasteiger partial charge in [-0.15, -0.1) is 0 Å². The summed E-state index contributed by atoms with van der Waals surface area (Å²) in [5.41, 5.74) is 0.955. The lowest BCUT2D eigenvalue weighted by molar-refractivity contribution is -0.135. The summed E-state index contributed by atoms with van der Waals surface area (Å²) in [7, 11) is 1.60. The topological polar surface area (TPSA) is 96.9 Å². The molecule has 7 nitrogen and oxygen atoms in total. The first-order valence-electron chi connectivity index (χ1n) is 8.45. The number of aliphatic hydroxyl groups excluding tert-OH is 1. The van der Waals surface area contributed by atoms with Crippen LogP contribution in [0.15, 0.2) is 24.3 Å². The van der Waals surface area contributed by atoms with Crippen molar-refractivity contribution in [3.8, 4) is 5.75 Å². The Bertz CT molecular complexity index is 593. The molecule has 138 valence electrons. The van der Waals surface area contributed by atoms with Crippen molar-refractivity contribution in [1.29, 1.82) is 0 Å². The van der Waals surface area contributed by atoms with Gasteiger partial charge in [-0.2, -0.15) is 0 Å². The normalized spacial score (nSPS) is 22.9. The minimum atomic E-state index is -0.478. The van der Waals surface area contributed by atoms with E-state index in [1.54, 1.807) is 7.11 Å². The van der Waals surface area contributed by atoms with Gasteiger partial charge in [0.2, 0.25) is 11.8 Å². The van der Waals surface area contributed by atoms with E-state index in [0.29, 0.717) is 19.4 Å². The van der Waals surface area contributed by atoms with E-state index in [9.17, 15) is 14.7 Å². The van der Waals surface area contributed by atoms with Crippen LogP contribution in [0.1, 0.15) is 31.7 Å². The number of aliphatic hydroxyl groups is 1. The number of nitrogens with one attached hydrogen (secondary N) is 2. The molecule has 3 N–H and O–H groups in total. The lowest BCUT2D eigenvalue weighted by atomic mass is 9.97. The first-order valence-corrected chi connectivity index (χ1v) is 8.45. The van der Waals surface area contributed by atoms with E-state index in [2.05, 4.69) is 10.6 Å². The molecule has 1 aliphatic rings. The number of ether oxygens (including phenoxy) is 2. The number of hydrogen-bond donors (Lipinski definition) is 3. The molecule has 0 saturated carbocycles. The quantitative estimate of drug-likeness (QED) is 0.674. The molecule has 1 aromatic carbocycles. The van der Waals surface area contributed by atoms with Gasteiger partial charge < -0.3 is 25.2 Å². The van der Waals surface area contributed by atoms with Gasteiger partial charge in [0, 0.05) is 13.5 Å². The molecule has 0 unspecified atom stereocenters. The van der Waals surface area contributed by atoms with Crippen molar-refractivity contribution in [2.45, 2.75) is 51.0 Å². The number of benzene rings is 1. The van der Waals surface area contributed by atoms with Gasteiger partial charge in [0.1, 0.15) is 11.9 Å². The third kappa shape index (κ3) is 6.03. The van der Waals surface area contributed by atoms with Gasteiger partial charge in [-0.1, -0.05) is 12.1 Å². The van der Waals surface area contributed by atoms with Gasteiger partial charge in [0.25, 0.3) is 0 Å². The molecule has 0 aliphatic carbocycles. The maximum Gasteiger partial charge on any atom is 0.222 e. The number of amides is 2. The molecule has 25 heavy (non-hydrogen) atoms. The van der Waals surface area contributed by atoms with Gasteiger partial charge in [0.15, 0.2) is 0 Å². The molecule has 0 bridgehead atoms. The molecule has 7 heteroatoms. The Hall–Kier alpha value is -2.12. The van der Waals surface area contributed by atoms with E-state index < -0.39 is 6.10 Å². The van der Waals surface area contributed by atoms with E-state index in [1.165, 1.54) is 6.92 Å². The summed E-state index contributed by atoms with van der Waals surface area (Å²) >= 11 is 0. The van der Waals surface area contributed by atoms with Crippen molar-refractivity contribution >= 4 is 11.8 Å². The molecule has 3 atom stereocenters. The smallest absolute Gasteiger partial charge is 0.222 e. The molecule has 1 aromatic rings. The number of carbonyl (C=O) groups is 2. The van der Waals surface area contributed by atoms with Crippen molar-refractivity contribution in [2.75, 3.05) is 13.7 Å². The van der Waals surface area contributed by atoms with Crippen LogP contribution in [0.4, 0.5) is 0 Å². The second-order valence-electron chi connectivity index (χ2n) is 6.20. The fourth-order valence-electron chi connectivity index (χ4n) is 2.97. The molecule has 0 aromatic heterocycles. The Morgan fingerprint density at radius 1 is 1.36 bits per heavy atom. The SMILES string of the molecule is COc1cccc(CNC(=O)C[C@H]2CC[C@@H](NC(C)=O)[C@@H](CO)O2)c1. The summed E-state index contributed by atoms with van der Waals surface area (Å²) < 4.78 is 10.9. The lowest BCUT2D eigenvalue weighted by Gasteiger charge is -2.35. The molecule has 2 amide bonds. The van der Waals surface area contributed by atoms with Gasteiger partial charge in [-0.3, -0.25) is 9.59 Å². The molecule has 0 radical (unpaired) electrons. The van der Waals surface area contributed by atoms with Crippen LogP contribution in [-0.4, -0.2) is 48.9 Å². The summed E-state index contributed by atoms with van der Waals surface area (Å²) in [4.78, 5) is 23.3. The van der Waals surface area contributed by atoms with E-state index in [0.717, 1.165) is 11.3 Å². The zero-order valence-corrected chi connectivity index (χ0v) is 14.7. The second kappa shape index (κ2) is 9.39. The predicted molar refractivity (Wildman–Crippen MR) is 92.0 cm³/mol. The predicted octanol–water partition coefficient (Wildman–Crippen LogP) is 0.746. The maximum absolute atomic E-state index is 12.1. The minimum absolute atomic E-state index is 0.109. The molecule has 1 heterocycles. The molecule has 1 aliphatic heterocycles. The van der Waals surface area contributed by atoms with Crippen LogP contribution in [0.2, 0.25) is 0 Å². The fraction of sp³-hybridized carbons (Fsp3) is 0.556. The van der Waals surface area contributed by atoms with Crippen LogP contribution in [0.3, 0.4) is 0 Å². The Labute approximate surface area is 147 Å². The second-order valence-corrected chi connectivity index (χ2v) is 6.20. The third-order valence-corrected chi connectivity index (χ3v) is 4.22. The van der Waals surface area contributed by atoms with E-state index in [1.807, 2.05) is 24.3 Å². The van der Waals surface area contributed by atoms with Gasteiger partial charge in [-0.25, -0.2) is 0 Å². The zero-order chi connectivity index (χ0) is 18.2. The van der Waals surface area contributed by atoms with Gasteiger partial charge >= 0.3 is 0 Å². The van der Waals surface area contributed by atoms with Crippen molar-refractivity contribution in [2.24, 2.45) is 0 Å². The molecular formula is C18H26N2O5. The maximum atomic E-state index is 12.1. The largest absolute Gasteiger partial charge is 0.497 e. The zero-order valence-electron chi connectivity index (χ0n) is 14.7. The summed E-state index contributed by atoms with van der Waals surface area (Å²) in [6.45, 7) is 1.67. The lowest BCUT2D eigenvalue weighted by Crippen LogP contribution is -2.51. The molecule has 0 spiro atoms. The van der Waals surface area contributed by atoms with E-state index in [4.69, 9.17) is 9.47 Å². The summed E-state index contributed by atoms with van der Waals surface area (Å²) in [5, 5.41) is 15.1. The Kier molecular flexibility index (Phi) is 7.21. The highest BCUT2D eigenvalue weighted by Crippen LogP contribution is 2.22. The average Bonchev–Trinajstić information content (AvgIpc) is 2.61. The molecule has 1 fully saturated rings. The summed E-state index contributed by atoms with van der Waals surface area (Å²) in [5.74, 6) is 0.487. The molecule has 2 rings (SSSR count). The van der Waals surface area contributed by atoms with Crippen LogP contribution in [0, 0.1) is 0 Å². The Balaban J connectivity index is 1.79. The average molecular weight is 350 g/mol. The Morgan fingerprint density at radius 3 is 2.84 bits per heavy atom. The van der Waals surface area contributed by atoms with Crippen molar-refractivity contribution in [1.82, 2.24) is 10.6 Å². The van der Waals surface area contributed by atoms with E-state index >= 15 is 0 Å². The van der Waals surface area contributed by atoms with Crippen LogP contribution in [0.25, 0.3) is 0 Å². The first kappa shape index (κ1) is 19.2.